The zero-order valence-corrected chi connectivity index (χ0v) is 14.1. The molecule has 122 valence electrons. The monoisotopic (exact) mass is 328 g/mol. The molecule has 1 N–H and O–H groups in total. The average Bonchev–Trinajstić information content (AvgIpc) is 3.23. The lowest BCUT2D eigenvalue weighted by atomic mass is 9.89. The number of aryl methyl sites for hydroxylation is 1. The number of aromatic nitrogens is 4. The van der Waals surface area contributed by atoms with Gasteiger partial charge in [0.05, 0.1) is 12.4 Å². The van der Waals surface area contributed by atoms with Gasteiger partial charge in [0.15, 0.2) is 5.82 Å². The van der Waals surface area contributed by atoms with Crippen molar-refractivity contribution in [1.82, 2.24) is 14.5 Å². The van der Waals surface area contributed by atoms with Gasteiger partial charge in [0.1, 0.15) is 22.7 Å². The maximum Gasteiger partial charge on any atom is 0.250 e. The van der Waals surface area contributed by atoms with Crippen LogP contribution < -0.4 is 4.40 Å². The van der Waals surface area contributed by atoms with Gasteiger partial charge in [-0.3, -0.25) is 4.98 Å². The van der Waals surface area contributed by atoms with Crippen LogP contribution in [0.1, 0.15) is 35.4 Å². The van der Waals surface area contributed by atoms with Crippen molar-refractivity contribution in [2.75, 3.05) is 0 Å². The van der Waals surface area contributed by atoms with Crippen molar-refractivity contribution in [1.29, 1.82) is 5.26 Å². The molecule has 1 aliphatic carbocycles. The number of nitrogens with one attached hydrogen (secondary N) is 1. The zero-order chi connectivity index (χ0) is 17.0. The number of hydrogen-bond donors (Lipinski definition) is 1. The van der Waals surface area contributed by atoms with Crippen LogP contribution >= 0.6 is 0 Å². The summed E-state index contributed by atoms with van der Waals surface area (Å²) in [7, 11) is 0. The predicted octanol–water partition coefficient (Wildman–Crippen LogP) is 3.15. The van der Waals surface area contributed by atoms with Gasteiger partial charge < -0.3 is 0 Å². The Morgan fingerprint density at radius 2 is 2.00 bits per heavy atom. The Morgan fingerprint density at radius 3 is 2.76 bits per heavy atom. The van der Waals surface area contributed by atoms with Gasteiger partial charge in [0.2, 0.25) is 11.5 Å². The predicted molar refractivity (Wildman–Crippen MR) is 94.7 cm³/mol. The molecule has 0 spiro atoms. The second kappa shape index (κ2) is 5.18. The number of nitrogens with zero attached hydrogens (tertiary/aromatic N) is 4. The maximum absolute atomic E-state index is 9.89. The molecule has 1 aromatic carbocycles. The highest BCUT2D eigenvalue weighted by Crippen LogP contribution is 2.31. The molecule has 0 fully saturated rings. The minimum absolute atomic E-state index is 0.785. The number of H-pyrrole nitrogens is 1. The van der Waals surface area contributed by atoms with Crippen LogP contribution in [0.2, 0.25) is 0 Å². The first-order chi connectivity index (χ1) is 12.3. The van der Waals surface area contributed by atoms with E-state index in [1.165, 1.54) is 11.1 Å². The van der Waals surface area contributed by atoms with E-state index in [1.54, 1.807) is 0 Å². The molecule has 5 heteroatoms. The fourth-order valence-corrected chi connectivity index (χ4v) is 4.15. The molecule has 0 amide bonds. The number of pyridine rings is 1. The summed E-state index contributed by atoms with van der Waals surface area (Å²) < 4.78 is 4.35. The number of hydrogen-bond acceptors (Lipinski definition) is 2. The molecule has 4 aromatic rings. The summed E-state index contributed by atoms with van der Waals surface area (Å²) in [5, 5.41) is 9.89. The first-order valence-electron chi connectivity index (χ1n) is 8.70. The van der Waals surface area contributed by atoms with Crippen LogP contribution in [0.25, 0.3) is 22.5 Å². The Morgan fingerprint density at radius 1 is 1.20 bits per heavy atom. The fourth-order valence-electron chi connectivity index (χ4n) is 4.15. The smallest absolute Gasteiger partial charge is 0.250 e. The van der Waals surface area contributed by atoms with E-state index >= 15 is 0 Å². The lowest BCUT2D eigenvalue weighted by Crippen LogP contribution is -2.32. The van der Waals surface area contributed by atoms with Crippen molar-refractivity contribution in [3.8, 4) is 11.9 Å². The zero-order valence-electron chi connectivity index (χ0n) is 14.1. The van der Waals surface area contributed by atoms with Gasteiger partial charge in [-0.05, 0) is 43.4 Å². The highest BCUT2D eigenvalue weighted by molar-refractivity contribution is 5.77. The molecule has 3 aromatic heterocycles. The van der Waals surface area contributed by atoms with Crippen LogP contribution in [0.3, 0.4) is 0 Å². The topological polar surface area (TPSA) is 61.5 Å². The Bertz CT molecular complexity index is 1170. The van der Waals surface area contributed by atoms with Gasteiger partial charge in [-0.2, -0.15) is 9.66 Å². The molecule has 0 saturated carbocycles. The molecular formula is C20H18N5+. The number of para-hydroxylation sites is 2. The highest BCUT2D eigenvalue weighted by Gasteiger charge is 2.30. The third-order valence-corrected chi connectivity index (χ3v) is 5.28. The number of aromatic amines is 1. The number of imidazole rings is 2. The normalized spacial score (nSPS) is 13.9. The van der Waals surface area contributed by atoms with Crippen molar-refractivity contribution in [3.05, 3.63) is 59.2 Å². The van der Waals surface area contributed by atoms with E-state index < -0.39 is 0 Å². The van der Waals surface area contributed by atoms with E-state index in [-0.39, 0.29) is 0 Å². The SMILES string of the molecule is Cc1nccn1-c1c2c(c(C#N)c3[nH]c4ccccc4[n+]13)CCCC2. The Labute approximate surface area is 145 Å². The van der Waals surface area contributed by atoms with Crippen molar-refractivity contribution in [3.63, 3.8) is 0 Å². The minimum Gasteiger partial charge on any atom is -0.269 e. The van der Waals surface area contributed by atoms with Crippen molar-refractivity contribution < 1.29 is 4.40 Å². The summed E-state index contributed by atoms with van der Waals surface area (Å²) in [5.41, 5.74) is 6.28. The lowest BCUT2D eigenvalue weighted by molar-refractivity contribution is -0.476. The highest BCUT2D eigenvalue weighted by atomic mass is 15.2. The molecular weight excluding hydrogens is 310 g/mol. The molecule has 0 atom stereocenters. The van der Waals surface area contributed by atoms with E-state index in [9.17, 15) is 5.26 Å². The molecule has 0 radical (unpaired) electrons. The molecule has 5 rings (SSSR count). The van der Waals surface area contributed by atoms with Crippen LogP contribution in [0.5, 0.6) is 0 Å². The maximum atomic E-state index is 9.89. The van der Waals surface area contributed by atoms with Gasteiger partial charge in [-0.15, -0.1) is 0 Å². The summed E-state index contributed by atoms with van der Waals surface area (Å²) in [5.74, 6) is 2.08. The van der Waals surface area contributed by atoms with Crippen LogP contribution in [0, 0.1) is 18.3 Å². The molecule has 0 bridgehead atoms. The fraction of sp³-hybridized carbons (Fsp3) is 0.250. The lowest BCUT2D eigenvalue weighted by Gasteiger charge is -2.19. The van der Waals surface area contributed by atoms with Crippen molar-refractivity contribution in [2.45, 2.75) is 32.6 Å². The standard InChI is InChI=1S/C20H17N5/c1-13-22-10-11-24(13)20-15-7-3-2-6-14(15)16(12-21)19-23-17-8-4-5-9-18(17)25(19)20/h4-5,8-11H,2-3,6-7H2,1H3/p+1. The minimum atomic E-state index is 0.785. The molecule has 25 heavy (non-hydrogen) atoms. The van der Waals surface area contributed by atoms with E-state index in [0.717, 1.165) is 59.6 Å². The summed E-state index contributed by atoms with van der Waals surface area (Å²) in [6.45, 7) is 2.02. The molecule has 0 unspecified atom stereocenters. The van der Waals surface area contributed by atoms with Crippen LogP contribution in [0.15, 0.2) is 36.7 Å². The largest absolute Gasteiger partial charge is 0.269 e. The van der Waals surface area contributed by atoms with Crippen LogP contribution in [-0.4, -0.2) is 14.5 Å². The van der Waals surface area contributed by atoms with Gasteiger partial charge in [-0.1, -0.05) is 12.1 Å². The third-order valence-electron chi connectivity index (χ3n) is 5.28. The van der Waals surface area contributed by atoms with Crippen LogP contribution in [0.4, 0.5) is 0 Å². The molecule has 1 aliphatic rings. The summed E-state index contributed by atoms with van der Waals surface area (Å²) in [6.07, 6.45) is 8.11. The van der Waals surface area contributed by atoms with Crippen molar-refractivity contribution >= 4 is 16.7 Å². The summed E-state index contributed by atoms with van der Waals surface area (Å²) in [6, 6.07) is 10.7. The van der Waals surface area contributed by atoms with E-state index in [4.69, 9.17) is 0 Å². The Hall–Kier alpha value is -3.13. The third kappa shape index (κ3) is 1.88. The first-order valence-corrected chi connectivity index (χ1v) is 8.70. The van der Waals surface area contributed by atoms with Crippen LogP contribution in [-0.2, 0) is 12.8 Å². The van der Waals surface area contributed by atoms with E-state index in [1.807, 2.05) is 31.5 Å². The quantitative estimate of drug-likeness (QED) is 0.546. The number of nitriles is 1. The molecule has 5 nitrogen and oxygen atoms in total. The summed E-state index contributed by atoms with van der Waals surface area (Å²) >= 11 is 0. The second-order valence-electron chi connectivity index (χ2n) is 6.65. The van der Waals surface area contributed by atoms with Gasteiger partial charge in [0, 0.05) is 12.5 Å². The number of benzene rings is 1. The number of fused-ring (bicyclic) bond motifs is 4. The Kier molecular flexibility index (Phi) is 2.95. The van der Waals surface area contributed by atoms with Gasteiger partial charge in [0.25, 0.3) is 0 Å². The summed E-state index contributed by atoms with van der Waals surface area (Å²) in [4.78, 5) is 7.91. The average molecular weight is 328 g/mol. The molecule has 0 aliphatic heterocycles. The number of rotatable bonds is 1. The molecule has 3 heterocycles. The van der Waals surface area contributed by atoms with E-state index in [0.29, 0.717) is 0 Å². The Balaban J connectivity index is 2.07. The first kappa shape index (κ1) is 14.2. The second-order valence-corrected chi connectivity index (χ2v) is 6.65. The van der Waals surface area contributed by atoms with Crippen molar-refractivity contribution in [2.24, 2.45) is 0 Å². The van der Waals surface area contributed by atoms with Gasteiger partial charge >= 0.3 is 0 Å². The molecule has 0 saturated heterocycles. The van der Waals surface area contributed by atoms with Gasteiger partial charge in [-0.25, -0.2) is 9.55 Å². The van der Waals surface area contributed by atoms with E-state index in [2.05, 4.69) is 37.1 Å².